The van der Waals surface area contributed by atoms with Gasteiger partial charge in [0.15, 0.2) is 0 Å². The summed E-state index contributed by atoms with van der Waals surface area (Å²) in [6.07, 6.45) is 5.26. The van der Waals surface area contributed by atoms with E-state index in [0.717, 1.165) is 32.1 Å². The van der Waals surface area contributed by atoms with Crippen LogP contribution >= 0.6 is 15.9 Å². The van der Waals surface area contributed by atoms with Gasteiger partial charge in [0.1, 0.15) is 4.66 Å². The van der Waals surface area contributed by atoms with Crippen LogP contribution in [0.4, 0.5) is 0 Å². The van der Waals surface area contributed by atoms with Crippen molar-refractivity contribution in [2.24, 2.45) is 0 Å². The third-order valence-electron chi connectivity index (χ3n) is 2.79. The molecule has 0 aromatic carbocycles. The van der Waals surface area contributed by atoms with Crippen LogP contribution in [-0.4, -0.2) is 30.0 Å². The number of alkyl halides is 1. The molecule has 14 heavy (non-hydrogen) atoms. The minimum absolute atomic E-state index is 0.0521. The van der Waals surface area contributed by atoms with Gasteiger partial charge in [-0.05, 0) is 19.3 Å². The topological polar surface area (TPSA) is 37.4 Å². The SMILES string of the molecule is CCC1CCCCCN1S(=O)(=O)CBr. The molecule has 5 heteroatoms. The van der Waals surface area contributed by atoms with Crippen LogP contribution in [0, 0.1) is 0 Å². The van der Waals surface area contributed by atoms with Crippen LogP contribution in [0.25, 0.3) is 0 Å². The highest BCUT2D eigenvalue weighted by atomic mass is 79.9. The van der Waals surface area contributed by atoms with E-state index in [1.807, 2.05) is 0 Å². The van der Waals surface area contributed by atoms with Gasteiger partial charge < -0.3 is 0 Å². The Morgan fingerprint density at radius 3 is 2.64 bits per heavy atom. The van der Waals surface area contributed by atoms with Crippen molar-refractivity contribution < 1.29 is 8.42 Å². The second kappa shape index (κ2) is 5.47. The summed E-state index contributed by atoms with van der Waals surface area (Å²) in [6.45, 7) is 2.76. The zero-order valence-corrected chi connectivity index (χ0v) is 11.0. The molecule has 0 bridgehead atoms. The molecule has 1 fully saturated rings. The number of rotatable bonds is 3. The normalized spacial score (nSPS) is 26.0. The van der Waals surface area contributed by atoms with Gasteiger partial charge >= 0.3 is 0 Å². The molecule has 0 radical (unpaired) electrons. The lowest BCUT2D eigenvalue weighted by Crippen LogP contribution is -2.40. The predicted octanol–water partition coefficient (Wildman–Crippen LogP) is 2.32. The molecule has 0 aliphatic carbocycles. The van der Waals surface area contributed by atoms with E-state index in [1.165, 1.54) is 0 Å². The summed E-state index contributed by atoms with van der Waals surface area (Å²) in [7, 11) is -3.06. The number of sulfonamides is 1. The monoisotopic (exact) mass is 283 g/mol. The molecule has 0 amide bonds. The zero-order valence-electron chi connectivity index (χ0n) is 8.58. The van der Waals surface area contributed by atoms with Crippen molar-refractivity contribution in [3.63, 3.8) is 0 Å². The maximum Gasteiger partial charge on any atom is 0.224 e. The van der Waals surface area contributed by atoms with Gasteiger partial charge in [0, 0.05) is 12.6 Å². The first-order chi connectivity index (χ1) is 6.61. The number of hydrogen-bond donors (Lipinski definition) is 0. The third-order valence-corrected chi connectivity index (χ3v) is 6.00. The Hall–Kier alpha value is 0.390. The first-order valence-electron chi connectivity index (χ1n) is 5.17. The predicted molar refractivity (Wildman–Crippen MR) is 62.0 cm³/mol. The van der Waals surface area contributed by atoms with Crippen LogP contribution in [-0.2, 0) is 10.0 Å². The fourth-order valence-electron chi connectivity index (χ4n) is 1.99. The van der Waals surface area contributed by atoms with Crippen molar-refractivity contribution in [2.45, 2.75) is 45.1 Å². The van der Waals surface area contributed by atoms with E-state index in [2.05, 4.69) is 22.9 Å². The zero-order chi connectivity index (χ0) is 10.6. The Labute approximate surface area is 95.0 Å². The highest BCUT2D eigenvalue weighted by molar-refractivity contribution is 9.10. The largest absolute Gasteiger partial charge is 0.224 e. The van der Waals surface area contributed by atoms with Gasteiger partial charge in [-0.1, -0.05) is 35.7 Å². The van der Waals surface area contributed by atoms with Crippen LogP contribution < -0.4 is 0 Å². The maximum absolute atomic E-state index is 11.8. The lowest BCUT2D eigenvalue weighted by Gasteiger charge is -2.27. The van der Waals surface area contributed by atoms with Gasteiger partial charge in [0.25, 0.3) is 0 Å². The van der Waals surface area contributed by atoms with Gasteiger partial charge in [-0.3, -0.25) is 0 Å². The second-order valence-electron chi connectivity index (χ2n) is 3.74. The van der Waals surface area contributed by atoms with E-state index in [9.17, 15) is 8.42 Å². The van der Waals surface area contributed by atoms with E-state index in [4.69, 9.17) is 0 Å². The van der Waals surface area contributed by atoms with Gasteiger partial charge in [0.2, 0.25) is 10.0 Å². The summed E-state index contributed by atoms with van der Waals surface area (Å²) in [5.41, 5.74) is 0. The molecule has 1 aliphatic rings. The summed E-state index contributed by atoms with van der Waals surface area (Å²) >= 11 is 3.06. The van der Waals surface area contributed by atoms with Crippen LogP contribution in [0.15, 0.2) is 0 Å². The fraction of sp³-hybridized carbons (Fsp3) is 1.00. The van der Waals surface area contributed by atoms with Gasteiger partial charge in [-0.2, -0.15) is 4.31 Å². The van der Waals surface area contributed by atoms with E-state index in [-0.39, 0.29) is 10.7 Å². The Kier molecular flexibility index (Phi) is 4.87. The van der Waals surface area contributed by atoms with Crippen molar-refractivity contribution in [1.29, 1.82) is 0 Å². The van der Waals surface area contributed by atoms with Crippen molar-refractivity contribution in [3.8, 4) is 0 Å². The Balaban J connectivity index is 2.80. The van der Waals surface area contributed by atoms with Crippen LogP contribution in [0.2, 0.25) is 0 Å². The molecule has 3 nitrogen and oxygen atoms in total. The van der Waals surface area contributed by atoms with Crippen molar-refractivity contribution in [1.82, 2.24) is 4.31 Å². The minimum Gasteiger partial charge on any atom is -0.211 e. The summed E-state index contributed by atoms with van der Waals surface area (Å²) < 4.78 is 25.3. The molecule has 1 heterocycles. The molecule has 0 N–H and O–H groups in total. The van der Waals surface area contributed by atoms with Gasteiger partial charge in [-0.25, -0.2) is 8.42 Å². The Bertz CT molecular complexity index is 266. The van der Waals surface area contributed by atoms with Crippen LogP contribution in [0.5, 0.6) is 0 Å². The number of nitrogens with zero attached hydrogens (tertiary/aromatic N) is 1. The lowest BCUT2D eigenvalue weighted by molar-refractivity contribution is 0.317. The molecular formula is C9H18BrNO2S. The van der Waals surface area contributed by atoms with Gasteiger partial charge in [-0.15, -0.1) is 0 Å². The summed E-state index contributed by atoms with van der Waals surface area (Å²) in [6, 6.07) is 0.222. The first kappa shape index (κ1) is 12.5. The van der Waals surface area contributed by atoms with Crippen molar-refractivity contribution in [2.75, 3.05) is 11.2 Å². The fourth-order valence-corrected chi connectivity index (χ4v) is 4.02. The molecule has 0 saturated carbocycles. The van der Waals surface area contributed by atoms with E-state index in [0.29, 0.717) is 6.54 Å². The van der Waals surface area contributed by atoms with Crippen molar-refractivity contribution >= 4 is 26.0 Å². The summed E-state index contributed by atoms with van der Waals surface area (Å²) in [5, 5.41) is 0. The van der Waals surface area contributed by atoms with E-state index in [1.54, 1.807) is 4.31 Å². The molecule has 1 unspecified atom stereocenters. The van der Waals surface area contributed by atoms with E-state index < -0.39 is 10.0 Å². The van der Waals surface area contributed by atoms with Crippen molar-refractivity contribution in [3.05, 3.63) is 0 Å². The van der Waals surface area contributed by atoms with Crippen LogP contribution in [0.1, 0.15) is 39.0 Å². The first-order valence-corrected chi connectivity index (χ1v) is 7.90. The average Bonchev–Trinajstić information content (AvgIpc) is 2.42. The molecule has 0 aromatic rings. The number of hydrogen-bond acceptors (Lipinski definition) is 2. The Morgan fingerprint density at radius 2 is 2.07 bits per heavy atom. The molecule has 1 rings (SSSR count). The molecule has 0 spiro atoms. The average molecular weight is 284 g/mol. The molecule has 1 saturated heterocycles. The quantitative estimate of drug-likeness (QED) is 0.746. The second-order valence-corrected chi connectivity index (χ2v) is 6.97. The Morgan fingerprint density at radius 1 is 1.36 bits per heavy atom. The van der Waals surface area contributed by atoms with Gasteiger partial charge in [0.05, 0.1) is 0 Å². The molecule has 1 atom stereocenters. The summed E-state index contributed by atoms with van der Waals surface area (Å²) in [4.78, 5) is 0. The molecule has 0 aromatic heterocycles. The lowest BCUT2D eigenvalue weighted by atomic mass is 10.1. The highest BCUT2D eigenvalue weighted by Crippen LogP contribution is 2.22. The highest BCUT2D eigenvalue weighted by Gasteiger charge is 2.28. The number of halogens is 1. The summed E-state index contributed by atoms with van der Waals surface area (Å²) in [5.74, 6) is 0. The maximum atomic E-state index is 11.8. The smallest absolute Gasteiger partial charge is 0.211 e. The van der Waals surface area contributed by atoms with E-state index >= 15 is 0 Å². The van der Waals surface area contributed by atoms with Crippen LogP contribution in [0.3, 0.4) is 0 Å². The standard InChI is InChI=1S/C9H18BrNO2S/c1-2-9-6-4-3-5-7-11(9)14(12,13)8-10/h9H,2-8H2,1H3. The molecule has 1 aliphatic heterocycles. The molecule has 84 valence electrons. The molecular weight excluding hydrogens is 266 g/mol. The minimum atomic E-state index is -3.06. The third kappa shape index (κ3) is 2.94.